The minimum Gasteiger partial charge on any atom is -0.254 e. The van der Waals surface area contributed by atoms with Crippen LogP contribution in [0.3, 0.4) is 0 Å². The summed E-state index contributed by atoms with van der Waals surface area (Å²) in [6, 6.07) is 11.3. The van der Waals surface area contributed by atoms with Gasteiger partial charge in [0.2, 0.25) is 0 Å². The molecule has 1 heterocycles. The van der Waals surface area contributed by atoms with Gasteiger partial charge in [0.15, 0.2) is 0 Å². The quantitative estimate of drug-likeness (QED) is 0.755. The van der Waals surface area contributed by atoms with E-state index in [1.807, 2.05) is 51.1 Å². The first-order chi connectivity index (χ1) is 8.54. The Balaban J connectivity index is 2.38. The standard InChI is InChI=1S/C16H16FN/c1-11-7-12(2)9-14(8-11)16(17)10-15-6-4-5-13(3)18-15/h4-10H,1-3H3/b16-10+. The molecule has 0 unspecified atom stereocenters. The average molecular weight is 241 g/mol. The molecule has 0 fully saturated rings. The number of pyridine rings is 1. The van der Waals surface area contributed by atoms with Gasteiger partial charge in [0.25, 0.3) is 0 Å². The van der Waals surface area contributed by atoms with Crippen LogP contribution in [0.4, 0.5) is 4.39 Å². The van der Waals surface area contributed by atoms with E-state index in [1.54, 1.807) is 6.07 Å². The Morgan fingerprint density at radius 2 is 1.72 bits per heavy atom. The number of hydrogen-bond acceptors (Lipinski definition) is 1. The number of rotatable bonds is 2. The van der Waals surface area contributed by atoms with Crippen LogP contribution < -0.4 is 0 Å². The molecule has 0 atom stereocenters. The normalized spacial score (nSPS) is 11.7. The van der Waals surface area contributed by atoms with Crippen LogP contribution in [0.5, 0.6) is 0 Å². The molecule has 2 aromatic rings. The van der Waals surface area contributed by atoms with Crippen molar-refractivity contribution in [3.8, 4) is 0 Å². The average Bonchev–Trinajstić information content (AvgIpc) is 2.27. The lowest BCUT2D eigenvalue weighted by atomic mass is 10.1. The summed E-state index contributed by atoms with van der Waals surface area (Å²) in [6.07, 6.45) is 1.47. The molecule has 1 aromatic heterocycles. The Labute approximate surface area is 107 Å². The molecule has 0 aliphatic carbocycles. The van der Waals surface area contributed by atoms with Crippen LogP contribution >= 0.6 is 0 Å². The number of aromatic nitrogens is 1. The second kappa shape index (κ2) is 5.13. The smallest absolute Gasteiger partial charge is 0.132 e. The zero-order chi connectivity index (χ0) is 13.1. The van der Waals surface area contributed by atoms with Crippen molar-refractivity contribution in [3.63, 3.8) is 0 Å². The molecular formula is C16H16FN. The van der Waals surface area contributed by atoms with Gasteiger partial charge < -0.3 is 0 Å². The molecule has 0 aliphatic heterocycles. The summed E-state index contributed by atoms with van der Waals surface area (Å²) in [5, 5.41) is 0. The number of halogens is 1. The van der Waals surface area contributed by atoms with Crippen molar-refractivity contribution in [2.75, 3.05) is 0 Å². The fraction of sp³-hybridized carbons (Fsp3) is 0.188. The van der Waals surface area contributed by atoms with Crippen LogP contribution in [0, 0.1) is 20.8 Å². The number of hydrogen-bond donors (Lipinski definition) is 0. The minimum absolute atomic E-state index is 0.250. The molecule has 1 nitrogen and oxygen atoms in total. The monoisotopic (exact) mass is 241 g/mol. The number of benzene rings is 1. The van der Waals surface area contributed by atoms with E-state index in [-0.39, 0.29) is 5.83 Å². The van der Waals surface area contributed by atoms with Crippen LogP contribution in [0.15, 0.2) is 36.4 Å². The Morgan fingerprint density at radius 3 is 2.33 bits per heavy atom. The highest BCUT2D eigenvalue weighted by Crippen LogP contribution is 2.21. The van der Waals surface area contributed by atoms with Gasteiger partial charge >= 0.3 is 0 Å². The van der Waals surface area contributed by atoms with E-state index in [9.17, 15) is 4.39 Å². The predicted molar refractivity (Wildman–Crippen MR) is 73.9 cm³/mol. The summed E-state index contributed by atoms with van der Waals surface area (Å²) in [7, 11) is 0. The fourth-order valence-corrected chi connectivity index (χ4v) is 1.97. The van der Waals surface area contributed by atoms with Crippen LogP contribution in [0.1, 0.15) is 28.1 Å². The van der Waals surface area contributed by atoms with Gasteiger partial charge in [-0.2, -0.15) is 0 Å². The SMILES string of the molecule is Cc1cc(C)cc(/C(F)=C\c2cccc(C)n2)c1. The van der Waals surface area contributed by atoms with Crippen LogP contribution in [0.25, 0.3) is 11.9 Å². The lowest BCUT2D eigenvalue weighted by Gasteiger charge is -2.03. The molecule has 1 aromatic carbocycles. The van der Waals surface area contributed by atoms with Gasteiger partial charge in [-0.1, -0.05) is 23.3 Å². The highest BCUT2D eigenvalue weighted by molar-refractivity contribution is 5.76. The summed E-state index contributed by atoms with van der Waals surface area (Å²) >= 11 is 0. The topological polar surface area (TPSA) is 12.9 Å². The first kappa shape index (κ1) is 12.5. The van der Waals surface area contributed by atoms with Gasteiger partial charge in [-0.3, -0.25) is 4.98 Å². The number of aryl methyl sites for hydroxylation is 3. The van der Waals surface area contributed by atoms with Crippen LogP contribution in [-0.4, -0.2) is 4.98 Å². The molecule has 0 bridgehead atoms. The summed E-state index contributed by atoms with van der Waals surface area (Å²) in [5.74, 6) is -0.250. The molecule has 0 aliphatic rings. The molecule has 92 valence electrons. The van der Waals surface area contributed by atoms with Crippen molar-refractivity contribution in [1.29, 1.82) is 0 Å². The molecule has 2 heteroatoms. The van der Waals surface area contributed by atoms with Gasteiger partial charge in [-0.05, 0) is 45.0 Å². The molecule has 2 rings (SSSR count). The fourth-order valence-electron chi connectivity index (χ4n) is 1.97. The maximum Gasteiger partial charge on any atom is 0.132 e. The second-order valence-corrected chi connectivity index (χ2v) is 4.57. The molecule has 0 saturated heterocycles. The van der Waals surface area contributed by atoms with Gasteiger partial charge in [-0.15, -0.1) is 0 Å². The Bertz CT molecular complexity index is 580. The molecule has 18 heavy (non-hydrogen) atoms. The third-order valence-corrected chi connectivity index (χ3v) is 2.68. The Kier molecular flexibility index (Phi) is 3.56. The third kappa shape index (κ3) is 3.04. The predicted octanol–water partition coefficient (Wildman–Crippen LogP) is 4.47. The van der Waals surface area contributed by atoms with E-state index < -0.39 is 0 Å². The van der Waals surface area contributed by atoms with Crippen molar-refractivity contribution in [2.24, 2.45) is 0 Å². The van der Waals surface area contributed by atoms with Crippen molar-refractivity contribution in [2.45, 2.75) is 20.8 Å². The lowest BCUT2D eigenvalue weighted by molar-refractivity contribution is 0.764. The van der Waals surface area contributed by atoms with Crippen molar-refractivity contribution in [1.82, 2.24) is 4.98 Å². The number of nitrogens with zero attached hydrogens (tertiary/aromatic N) is 1. The second-order valence-electron chi connectivity index (χ2n) is 4.57. The third-order valence-electron chi connectivity index (χ3n) is 2.68. The van der Waals surface area contributed by atoms with E-state index in [4.69, 9.17) is 0 Å². The van der Waals surface area contributed by atoms with E-state index in [0.29, 0.717) is 11.3 Å². The molecular weight excluding hydrogens is 225 g/mol. The van der Waals surface area contributed by atoms with Gasteiger partial charge in [0.1, 0.15) is 5.83 Å². The van der Waals surface area contributed by atoms with E-state index >= 15 is 0 Å². The van der Waals surface area contributed by atoms with Crippen molar-refractivity contribution >= 4 is 11.9 Å². The summed E-state index contributed by atoms with van der Waals surface area (Å²) in [6.45, 7) is 5.83. The highest BCUT2D eigenvalue weighted by Gasteiger charge is 2.03. The van der Waals surface area contributed by atoms with Crippen LogP contribution in [-0.2, 0) is 0 Å². The molecule has 0 spiro atoms. The first-order valence-electron chi connectivity index (χ1n) is 5.94. The zero-order valence-electron chi connectivity index (χ0n) is 10.9. The largest absolute Gasteiger partial charge is 0.254 e. The van der Waals surface area contributed by atoms with Gasteiger partial charge in [0.05, 0.1) is 5.69 Å². The van der Waals surface area contributed by atoms with E-state index in [0.717, 1.165) is 16.8 Å². The van der Waals surface area contributed by atoms with Gasteiger partial charge in [-0.25, -0.2) is 4.39 Å². The zero-order valence-corrected chi connectivity index (χ0v) is 10.9. The first-order valence-corrected chi connectivity index (χ1v) is 5.94. The van der Waals surface area contributed by atoms with E-state index in [1.165, 1.54) is 6.08 Å². The minimum atomic E-state index is -0.250. The summed E-state index contributed by atoms with van der Waals surface area (Å²) < 4.78 is 14.1. The molecule has 0 N–H and O–H groups in total. The molecule has 0 saturated carbocycles. The highest BCUT2D eigenvalue weighted by atomic mass is 19.1. The van der Waals surface area contributed by atoms with Gasteiger partial charge in [0, 0.05) is 17.3 Å². The lowest BCUT2D eigenvalue weighted by Crippen LogP contribution is -1.87. The summed E-state index contributed by atoms with van der Waals surface area (Å²) in [5.41, 5.74) is 4.26. The summed E-state index contributed by atoms with van der Waals surface area (Å²) in [4.78, 5) is 4.27. The Morgan fingerprint density at radius 1 is 1.06 bits per heavy atom. The Hall–Kier alpha value is -1.96. The molecule has 0 radical (unpaired) electrons. The van der Waals surface area contributed by atoms with Crippen molar-refractivity contribution in [3.05, 3.63) is 64.5 Å². The van der Waals surface area contributed by atoms with Crippen molar-refractivity contribution < 1.29 is 4.39 Å². The maximum atomic E-state index is 14.1. The molecule has 0 amide bonds. The maximum absolute atomic E-state index is 14.1. The van der Waals surface area contributed by atoms with Crippen LogP contribution in [0.2, 0.25) is 0 Å². The van der Waals surface area contributed by atoms with E-state index in [2.05, 4.69) is 4.98 Å².